The van der Waals surface area contributed by atoms with Gasteiger partial charge in [0.25, 0.3) is 0 Å². The number of carbonyl (C=O) groups excluding carboxylic acids is 1. The van der Waals surface area contributed by atoms with Gasteiger partial charge in [-0.1, -0.05) is 30.3 Å². The number of thiophene rings is 1. The summed E-state index contributed by atoms with van der Waals surface area (Å²) in [4.78, 5) is 13.7. The Kier molecular flexibility index (Phi) is 4.72. The molecular formula is C25H27N2OS. The predicted molar refractivity (Wildman–Crippen MR) is 119 cm³/mol. The zero-order valence-corrected chi connectivity index (χ0v) is 17.6. The second kappa shape index (κ2) is 7.26. The van der Waals surface area contributed by atoms with Crippen LogP contribution in [0.4, 0.5) is 0 Å². The van der Waals surface area contributed by atoms with Crippen LogP contribution >= 0.6 is 11.3 Å². The standard InChI is InChI=1S/C25H27N2OS/c1-16-19-6-3-5-9-22(19)29-23(16)14-17-10-11-18-15-25(17,12-13-27-18)21-8-4-2-7-20(21)24(26)28/h2-7,9,17-18,27H,10-15H2,1H3,(H2,26,28). The first-order chi connectivity index (χ1) is 14.1. The number of aryl methyl sites for hydroxylation is 1. The van der Waals surface area contributed by atoms with Crippen molar-refractivity contribution in [2.75, 3.05) is 6.54 Å². The molecule has 29 heavy (non-hydrogen) atoms. The lowest BCUT2D eigenvalue weighted by atomic mass is 9.56. The number of piperidine rings is 1. The van der Waals surface area contributed by atoms with Crippen molar-refractivity contribution in [1.29, 1.82) is 0 Å². The summed E-state index contributed by atoms with van der Waals surface area (Å²) in [5.74, 6) is 0.174. The Morgan fingerprint density at radius 1 is 1.28 bits per heavy atom. The summed E-state index contributed by atoms with van der Waals surface area (Å²) in [6, 6.07) is 18.4. The monoisotopic (exact) mass is 403 g/mol. The number of benzene rings is 2. The molecule has 3 aromatic rings. The zero-order valence-electron chi connectivity index (χ0n) is 16.8. The smallest absolute Gasteiger partial charge is 0.249 e. The summed E-state index contributed by atoms with van der Waals surface area (Å²) in [6.45, 7) is 3.26. The number of primary amides is 1. The Morgan fingerprint density at radius 2 is 2.14 bits per heavy atom. The molecule has 0 spiro atoms. The lowest BCUT2D eigenvalue weighted by Crippen LogP contribution is -2.54. The van der Waals surface area contributed by atoms with Crippen LogP contribution in [0.5, 0.6) is 0 Å². The van der Waals surface area contributed by atoms with Crippen LogP contribution in [-0.2, 0) is 11.8 Å². The van der Waals surface area contributed by atoms with Crippen molar-refractivity contribution < 1.29 is 4.79 Å². The highest BCUT2D eigenvalue weighted by molar-refractivity contribution is 7.19. The van der Waals surface area contributed by atoms with E-state index in [-0.39, 0.29) is 11.3 Å². The molecule has 4 heteroatoms. The molecule has 2 bridgehead atoms. The minimum Gasteiger partial charge on any atom is -0.366 e. The number of nitrogens with one attached hydrogen (secondary N) is 1. The molecule has 2 fully saturated rings. The lowest BCUT2D eigenvalue weighted by Gasteiger charge is -2.52. The fourth-order valence-electron chi connectivity index (χ4n) is 5.79. The van der Waals surface area contributed by atoms with E-state index >= 15 is 0 Å². The number of hydrogen-bond donors (Lipinski definition) is 2. The Balaban J connectivity index is 1.59. The molecule has 1 aliphatic carbocycles. The molecule has 2 aliphatic rings. The first kappa shape index (κ1) is 18.8. The third-order valence-electron chi connectivity index (χ3n) is 7.25. The highest BCUT2D eigenvalue weighted by atomic mass is 32.1. The van der Waals surface area contributed by atoms with Crippen LogP contribution in [0.25, 0.3) is 10.1 Å². The maximum absolute atomic E-state index is 12.2. The Morgan fingerprint density at radius 3 is 2.97 bits per heavy atom. The third kappa shape index (κ3) is 3.10. The van der Waals surface area contributed by atoms with Crippen molar-refractivity contribution in [1.82, 2.24) is 5.32 Å². The number of hydrogen-bond acceptors (Lipinski definition) is 3. The number of carbonyl (C=O) groups is 1. The predicted octanol–water partition coefficient (Wildman–Crippen LogP) is 4.75. The third-order valence-corrected chi connectivity index (χ3v) is 8.55. The Labute approximate surface area is 176 Å². The maximum atomic E-state index is 12.2. The Bertz CT molecular complexity index is 1070. The first-order valence-corrected chi connectivity index (χ1v) is 11.4. The molecule has 1 amide bonds. The van der Waals surface area contributed by atoms with E-state index in [1.54, 1.807) is 0 Å². The van der Waals surface area contributed by atoms with E-state index in [0.29, 0.717) is 17.5 Å². The van der Waals surface area contributed by atoms with Crippen LogP contribution in [0.15, 0.2) is 42.5 Å². The fraction of sp³-hybridized carbons (Fsp3) is 0.400. The topological polar surface area (TPSA) is 55.1 Å². The molecule has 1 radical (unpaired) electrons. The van der Waals surface area contributed by atoms with Gasteiger partial charge in [0.1, 0.15) is 0 Å². The van der Waals surface area contributed by atoms with Gasteiger partial charge in [0.2, 0.25) is 5.91 Å². The minimum atomic E-state index is -0.330. The van der Waals surface area contributed by atoms with Gasteiger partial charge in [-0.05, 0) is 86.2 Å². The van der Waals surface area contributed by atoms with Gasteiger partial charge in [-0.15, -0.1) is 11.3 Å². The van der Waals surface area contributed by atoms with Gasteiger partial charge in [-0.3, -0.25) is 4.79 Å². The SMILES string of the molecule is Cc1c(CC2CCC3CC2(c2[c]cccc2C(N)=O)CCN3)sc2ccccc12. The van der Waals surface area contributed by atoms with Crippen molar-refractivity contribution in [3.8, 4) is 0 Å². The highest BCUT2D eigenvalue weighted by Crippen LogP contribution is 2.51. The number of amides is 1. The second-order valence-electron chi connectivity index (χ2n) is 8.71. The number of nitrogens with two attached hydrogens (primary N) is 1. The van der Waals surface area contributed by atoms with Crippen LogP contribution < -0.4 is 11.1 Å². The van der Waals surface area contributed by atoms with Crippen LogP contribution in [0.3, 0.4) is 0 Å². The van der Waals surface area contributed by atoms with Gasteiger partial charge in [0, 0.05) is 26.6 Å². The van der Waals surface area contributed by atoms with Gasteiger partial charge < -0.3 is 11.1 Å². The van der Waals surface area contributed by atoms with E-state index in [1.807, 2.05) is 29.5 Å². The van der Waals surface area contributed by atoms with Crippen LogP contribution in [-0.4, -0.2) is 18.5 Å². The van der Waals surface area contributed by atoms with E-state index in [0.717, 1.165) is 31.4 Å². The molecule has 1 saturated heterocycles. The quantitative estimate of drug-likeness (QED) is 0.660. The van der Waals surface area contributed by atoms with E-state index in [9.17, 15) is 4.79 Å². The van der Waals surface area contributed by atoms with E-state index in [4.69, 9.17) is 5.73 Å². The second-order valence-corrected chi connectivity index (χ2v) is 9.85. The van der Waals surface area contributed by atoms with E-state index in [2.05, 4.69) is 42.6 Å². The number of rotatable bonds is 4. The van der Waals surface area contributed by atoms with Gasteiger partial charge >= 0.3 is 0 Å². The van der Waals surface area contributed by atoms with Crippen molar-refractivity contribution in [2.45, 2.75) is 50.5 Å². The molecule has 1 aliphatic heterocycles. The summed E-state index contributed by atoms with van der Waals surface area (Å²) >= 11 is 1.94. The summed E-state index contributed by atoms with van der Waals surface area (Å²) in [6.07, 6.45) is 5.56. The molecule has 2 heterocycles. The minimum absolute atomic E-state index is 0.0254. The molecule has 3 atom stereocenters. The van der Waals surface area contributed by atoms with Crippen molar-refractivity contribution in [3.63, 3.8) is 0 Å². The maximum Gasteiger partial charge on any atom is 0.249 e. The average molecular weight is 404 g/mol. The largest absolute Gasteiger partial charge is 0.366 e. The molecule has 5 rings (SSSR count). The summed E-state index contributed by atoms with van der Waals surface area (Å²) in [5.41, 5.74) is 8.90. The molecule has 1 aromatic heterocycles. The molecule has 3 N–H and O–H groups in total. The molecule has 3 unspecified atom stereocenters. The number of fused-ring (bicyclic) bond motifs is 3. The summed E-state index contributed by atoms with van der Waals surface area (Å²) < 4.78 is 1.37. The molecule has 3 nitrogen and oxygen atoms in total. The highest BCUT2D eigenvalue weighted by Gasteiger charge is 2.48. The Hall–Kier alpha value is -2.17. The normalized spacial score (nSPS) is 26.5. The average Bonchev–Trinajstić information content (AvgIpc) is 3.06. The van der Waals surface area contributed by atoms with Crippen LogP contribution in [0, 0.1) is 18.9 Å². The van der Waals surface area contributed by atoms with Crippen molar-refractivity contribution in [2.24, 2.45) is 11.7 Å². The summed E-state index contributed by atoms with van der Waals surface area (Å²) in [7, 11) is 0. The molecule has 1 saturated carbocycles. The van der Waals surface area contributed by atoms with E-state index < -0.39 is 0 Å². The van der Waals surface area contributed by atoms with Crippen molar-refractivity contribution >= 4 is 27.3 Å². The molecular weight excluding hydrogens is 376 g/mol. The van der Waals surface area contributed by atoms with Gasteiger partial charge in [0.05, 0.1) is 0 Å². The lowest BCUT2D eigenvalue weighted by molar-refractivity contribution is 0.0953. The van der Waals surface area contributed by atoms with Crippen LogP contribution in [0.1, 0.15) is 52.0 Å². The van der Waals surface area contributed by atoms with E-state index in [1.165, 1.54) is 33.4 Å². The zero-order chi connectivity index (χ0) is 20.0. The fourth-order valence-corrected chi connectivity index (χ4v) is 7.08. The molecule has 149 valence electrons. The van der Waals surface area contributed by atoms with Crippen molar-refractivity contribution in [3.05, 3.63) is 70.1 Å². The summed E-state index contributed by atoms with van der Waals surface area (Å²) in [5, 5.41) is 5.06. The van der Waals surface area contributed by atoms with Gasteiger partial charge in [-0.2, -0.15) is 0 Å². The van der Waals surface area contributed by atoms with Gasteiger partial charge in [0.15, 0.2) is 0 Å². The molecule has 2 aromatic carbocycles. The first-order valence-electron chi connectivity index (χ1n) is 10.6. The van der Waals surface area contributed by atoms with Gasteiger partial charge in [-0.25, -0.2) is 0 Å². The van der Waals surface area contributed by atoms with Crippen LogP contribution in [0.2, 0.25) is 0 Å².